The zero-order valence-corrected chi connectivity index (χ0v) is 23.2. The Morgan fingerprint density at radius 2 is 1.30 bits per heavy atom. The van der Waals surface area contributed by atoms with E-state index in [2.05, 4.69) is 16.0 Å². The van der Waals surface area contributed by atoms with Crippen molar-refractivity contribution in [2.24, 2.45) is 17.6 Å². The Morgan fingerprint density at radius 3 is 1.80 bits per heavy atom. The van der Waals surface area contributed by atoms with E-state index in [-0.39, 0.29) is 37.6 Å². The van der Waals surface area contributed by atoms with Gasteiger partial charge in [-0.25, -0.2) is 4.79 Å². The molecule has 1 aliphatic heterocycles. The largest absolute Gasteiger partial charge is 0.481 e. The Bertz CT molecular complexity index is 970. The summed E-state index contributed by atoms with van der Waals surface area (Å²) in [4.78, 5) is 86.8. The van der Waals surface area contributed by atoms with Crippen LogP contribution in [0.5, 0.6) is 0 Å². The highest BCUT2D eigenvalue weighted by Gasteiger charge is 2.40. The summed E-state index contributed by atoms with van der Waals surface area (Å²) >= 11 is 0. The molecule has 226 valence electrons. The highest BCUT2D eigenvalue weighted by molar-refractivity contribution is 5.97. The van der Waals surface area contributed by atoms with Crippen LogP contribution in [-0.4, -0.2) is 98.5 Å². The van der Waals surface area contributed by atoms with E-state index in [0.717, 1.165) is 4.90 Å². The van der Waals surface area contributed by atoms with Gasteiger partial charge in [0.1, 0.15) is 24.2 Å². The van der Waals surface area contributed by atoms with Crippen molar-refractivity contribution in [3.63, 3.8) is 0 Å². The topological polar surface area (TPSA) is 246 Å². The van der Waals surface area contributed by atoms with Crippen molar-refractivity contribution < 1.29 is 48.9 Å². The summed E-state index contributed by atoms with van der Waals surface area (Å²) in [6, 6.07) is -6.47. The number of nitrogens with two attached hydrogens (primary N) is 1. The number of hydrogen-bond acceptors (Lipinski definition) is 8. The molecule has 1 saturated heterocycles. The van der Waals surface area contributed by atoms with Crippen molar-refractivity contribution in [3.8, 4) is 0 Å². The lowest BCUT2D eigenvalue weighted by molar-refractivity contribution is -0.146. The van der Waals surface area contributed by atoms with Gasteiger partial charge in [0.25, 0.3) is 0 Å². The molecule has 15 nitrogen and oxygen atoms in total. The molecule has 1 aliphatic rings. The number of hydrogen-bond donors (Lipinski definition) is 7. The first-order valence-corrected chi connectivity index (χ1v) is 13.2. The average molecular weight is 572 g/mol. The molecule has 0 spiro atoms. The molecule has 8 N–H and O–H groups in total. The lowest BCUT2D eigenvalue weighted by Crippen LogP contribution is -2.58. The number of carbonyl (C=O) groups is 7. The third-order valence-corrected chi connectivity index (χ3v) is 6.22. The zero-order valence-electron chi connectivity index (χ0n) is 23.2. The lowest BCUT2D eigenvalue weighted by Gasteiger charge is -2.30. The second-order valence-electron chi connectivity index (χ2n) is 10.8. The quantitative estimate of drug-likeness (QED) is 0.117. The van der Waals surface area contributed by atoms with Gasteiger partial charge in [-0.3, -0.25) is 28.8 Å². The first-order valence-electron chi connectivity index (χ1n) is 13.2. The molecular formula is C25H41N5O10. The number of carboxylic acid groups (broad SMARTS) is 3. The van der Waals surface area contributed by atoms with E-state index in [1.807, 2.05) is 13.8 Å². The standard InChI is InChI=1S/C25H41N5O10/c1-12(2)8-15(22(36)29-17(25(39)40)9-13(3)4)27-23(37)18-6-5-7-30(18)24(38)16(11-20(33)34)28-21(35)14(26)10-19(31)32/h12-18H,5-11,26H2,1-4H3,(H,27,37)(H,28,35)(H,29,36)(H,31,32)(H,33,34)(H,39,40)/t14-,15-,16-,17-,18-/m0/s1. The van der Waals surface area contributed by atoms with Crippen LogP contribution in [0.25, 0.3) is 0 Å². The normalized spacial score (nSPS) is 18.0. The zero-order chi connectivity index (χ0) is 30.7. The van der Waals surface area contributed by atoms with Gasteiger partial charge < -0.3 is 41.9 Å². The molecule has 0 aromatic heterocycles. The summed E-state index contributed by atoms with van der Waals surface area (Å²) in [7, 11) is 0. The maximum absolute atomic E-state index is 13.3. The average Bonchev–Trinajstić information content (AvgIpc) is 3.30. The van der Waals surface area contributed by atoms with Crippen molar-refractivity contribution in [2.75, 3.05) is 6.54 Å². The third-order valence-electron chi connectivity index (χ3n) is 6.22. The summed E-state index contributed by atoms with van der Waals surface area (Å²) in [6.07, 6.45) is -0.627. The number of carbonyl (C=O) groups excluding carboxylic acids is 4. The number of nitrogens with zero attached hydrogens (tertiary/aromatic N) is 1. The van der Waals surface area contributed by atoms with Crippen LogP contribution in [0.4, 0.5) is 0 Å². The molecule has 1 rings (SSSR count). The molecule has 0 aromatic carbocycles. The van der Waals surface area contributed by atoms with Crippen LogP contribution in [-0.2, 0) is 33.6 Å². The molecular weight excluding hydrogens is 530 g/mol. The molecule has 15 heteroatoms. The summed E-state index contributed by atoms with van der Waals surface area (Å²) in [5.41, 5.74) is 5.52. The minimum atomic E-state index is -1.61. The van der Waals surface area contributed by atoms with Crippen molar-refractivity contribution >= 4 is 41.5 Å². The fraction of sp³-hybridized carbons (Fsp3) is 0.720. The lowest BCUT2D eigenvalue weighted by atomic mass is 10.00. The molecule has 0 radical (unpaired) electrons. The number of likely N-dealkylation sites (tertiary alicyclic amines) is 1. The fourth-order valence-corrected chi connectivity index (χ4v) is 4.37. The number of rotatable bonds is 16. The molecule has 0 unspecified atom stereocenters. The number of carboxylic acids is 3. The van der Waals surface area contributed by atoms with Gasteiger partial charge in [-0.05, 0) is 37.5 Å². The minimum absolute atomic E-state index is 0.0180. The Balaban J connectivity index is 3.08. The molecule has 0 aromatic rings. The van der Waals surface area contributed by atoms with Crippen molar-refractivity contribution in [2.45, 2.75) is 96.4 Å². The molecule has 0 saturated carbocycles. The van der Waals surface area contributed by atoms with Crippen LogP contribution in [0.2, 0.25) is 0 Å². The van der Waals surface area contributed by atoms with Crippen molar-refractivity contribution in [1.29, 1.82) is 0 Å². The van der Waals surface area contributed by atoms with Gasteiger partial charge in [-0.15, -0.1) is 0 Å². The molecule has 40 heavy (non-hydrogen) atoms. The summed E-state index contributed by atoms with van der Waals surface area (Å²) < 4.78 is 0. The monoisotopic (exact) mass is 571 g/mol. The number of aliphatic carboxylic acids is 3. The number of amides is 4. The smallest absolute Gasteiger partial charge is 0.326 e. The Kier molecular flexibility index (Phi) is 13.5. The van der Waals surface area contributed by atoms with E-state index < -0.39 is 84.6 Å². The van der Waals surface area contributed by atoms with E-state index in [4.69, 9.17) is 10.8 Å². The Morgan fingerprint density at radius 1 is 0.775 bits per heavy atom. The van der Waals surface area contributed by atoms with Gasteiger partial charge >= 0.3 is 17.9 Å². The van der Waals surface area contributed by atoms with Crippen LogP contribution >= 0.6 is 0 Å². The molecule has 1 heterocycles. The fourth-order valence-electron chi connectivity index (χ4n) is 4.37. The van der Waals surface area contributed by atoms with Gasteiger partial charge in [0.2, 0.25) is 23.6 Å². The van der Waals surface area contributed by atoms with Gasteiger partial charge in [0.05, 0.1) is 18.9 Å². The van der Waals surface area contributed by atoms with Gasteiger partial charge in [-0.2, -0.15) is 0 Å². The van der Waals surface area contributed by atoms with E-state index in [9.17, 15) is 43.8 Å². The number of nitrogens with one attached hydrogen (secondary N) is 3. The maximum Gasteiger partial charge on any atom is 0.326 e. The first-order chi connectivity index (χ1) is 18.5. The molecule has 0 aliphatic carbocycles. The highest BCUT2D eigenvalue weighted by Crippen LogP contribution is 2.20. The van der Waals surface area contributed by atoms with Gasteiger partial charge in [-0.1, -0.05) is 27.7 Å². The van der Waals surface area contributed by atoms with Crippen molar-refractivity contribution in [3.05, 3.63) is 0 Å². The predicted molar refractivity (Wildman–Crippen MR) is 140 cm³/mol. The van der Waals surface area contributed by atoms with E-state index in [0.29, 0.717) is 6.42 Å². The highest BCUT2D eigenvalue weighted by atomic mass is 16.4. The molecule has 0 bridgehead atoms. The van der Waals surface area contributed by atoms with E-state index in [1.54, 1.807) is 13.8 Å². The summed E-state index contributed by atoms with van der Waals surface area (Å²) in [6.45, 7) is 7.31. The van der Waals surface area contributed by atoms with Crippen LogP contribution < -0.4 is 21.7 Å². The van der Waals surface area contributed by atoms with Crippen LogP contribution in [0.3, 0.4) is 0 Å². The van der Waals surface area contributed by atoms with Crippen LogP contribution in [0.15, 0.2) is 0 Å². The van der Waals surface area contributed by atoms with E-state index >= 15 is 0 Å². The van der Waals surface area contributed by atoms with Gasteiger partial charge in [0.15, 0.2) is 0 Å². The van der Waals surface area contributed by atoms with E-state index in [1.165, 1.54) is 0 Å². The third kappa shape index (κ3) is 11.2. The summed E-state index contributed by atoms with van der Waals surface area (Å²) in [5, 5.41) is 34.8. The Hall–Kier alpha value is -3.75. The minimum Gasteiger partial charge on any atom is -0.481 e. The predicted octanol–water partition coefficient (Wildman–Crippen LogP) is -1.11. The molecule has 5 atom stereocenters. The molecule has 4 amide bonds. The van der Waals surface area contributed by atoms with Crippen LogP contribution in [0.1, 0.15) is 66.2 Å². The Labute approximate surface area is 232 Å². The molecule has 1 fully saturated rings. The van der Waals surface area contributed by atoms with Crippen LogP contribution in [0, 0.1) is 11.8 Å². The second kappa shape index (κ2) is 15.7. The summed E-state index contributed by atoms with van der Waals surface area (Å²) in [5.74, 6) is -7.36. The first kappa shape index (κ1) is 34.3. The van der Waals surface area contributed by atoms with Gasteiger partial charge in [0, 0.05) is 6.54 Å². The SMILES string of the molecule is CC(C)C[C@H](NC(=O)[C@H](CC(C)C)NC(=O)[C@@H]1CCCN1C(=O)[C@H](CC(=O)O)NC(=O)[C@@H](N)CC(=O)O)C(=O)O. The van der Waals surface area contributed by atoms with Crippen molar-refractivity contribution in [1.82, 2.24) is 20.9 Å². The second-order valence-corrected chi connectivity index (χ2v) is 10.8. The maximum atomic E-state index is 13.3.